The largest absolute Gasteiger partial charge is 0.384 e. The number of aliphatic hydroxyl groups is 1. The molecule has 1 saturated carbocycles. The highest BCUT2D eigenvalue weighted by Crippen LogP contribution is 2.37. The SMILES string of the molecule is CN(CC(C)(O)c1ccccc1)C1CCC(C)(C)CC1. The topological polar surface area (TPSA) is 23.5 Å². The first-order valence-electron chi connectivity index (χ1n) is 7.78. The molecule has 112 valence electrons. The quantitative estimate of drug-likeness (QED) is 0.903. The van der Waals surface area contributed by atoms with E-state index in [1.165, 1.54) is 25.7 Å². The van der Waals surface area contributed by atoms with E-state index in [-0.39, 0.29) is 0 Å². The minimum Gasteiger partial charge on any atom is -0.384 e. The van der Waals surface area contributed by atoms with Crippen LogP contribution in [-0.4, -0.2) is 29.6 Å². The molecule has 0 bridgehead atoms. The molecule has 20 heavy (non-hydrogen) atoms. The molecular weight excluding hydrogens is 246 g/mol. The van der Waals surface area contributed by atoms with Crippen molar-refractivity contribution in [1.82, 2.24) is 4.90 Å². The lowest BCUT2D eigenvalue weighted by Gasteiger charge is -2.41. The molecule has 0 aromatic heterocycles. The molecule has 0 saturated heterocycles. The van der Waals surface area contributed by atoms with Crippen LogP contribution >= 0.6 is 0 Å². The van der Waals surface area contributed by atoms with Gasteiger partial charge < -0.3 is 10.0 Å². The summed E-state index contributed by atoms with van der Waals surface area (Å²) in [4.78, 5) is 2.35. The summed E-state index contributed by atoms with van der Waals surface area (Å²) in [5.74, 6) is 0. The van der Waals surface area contributed by atoms with Gasteiger partial charge in [0, 0.05) is 12.6 Å². The van der Waals surface area contributed by atoms with Crippen LogP contribution in [0.3, 0.4) is 0 Å². The van der Waals surface area contributed by atoms with Gasteiger partial charge in [0.05, 0.1) is 5.60 Å². The van der Waals surface area contributed by atoms with E-state index in [2.05, 4.69) is 25.8 Å². The highest BCUT2D eigenvalue weighted by atomic mass is 16.3. The zero-order valence-corrected chi connectivity index (χ0v) is 13.4. The molecule has 2 heteroatoms. The number of benzene rings is 1. The van der Waals surface area contributed by atoms with Crippen LogP contribution in [0.2, 0.25) is 0 Å². The van der Waals surface area contributed by atoms with Gasteiger partial charge in [0.2, 0.25) is 0 Å². The summed E-state index contributed by atoms with van der Waals surface area (Å²) < 4.78 is 0. The van der Waals surface area contributed by atoms with Gasteiger partial charge in [-0.2, -0.15) is 0 Å². The smallest absolute Gasteiger partial charge is 0.0994 e. The van der Waals surface area contributed by atoms with E-state index < -0.39 is 5.60 Å². The van der Waals surface area contributed by atoms with Crippen molar-refractivity contribution in [2.75, 3.05) is 13.6 Å². The number of nitrogens with zero attached hydrogens (tertiary/aromatic N) is 1. The van der Waals surface area contributed by atoms with Gasteiger partial charge in [0.25, 0.3) is 0 Å². The summed E-state index contributed by atoms with van der Waals surface area (Å²) in [5.41, 5.74) is 0.727. The van der Waals surface area contributed by atoms with Gasteiger partial charge in [-0.25, -0.2) is 0 Å². The number of hydrogen-bond acceptors (Lipinski definition) is 2. The van der Waals surface area contributed by atoms with Crippen LogP contribution < -0.4 is 0 Å². The Kier molecular flexibility index (Phi) is 4.55. The second-order valence-corrected chi connectivity index (χ2v) is 7.45. The van der Waals surface area contributed by atoms with Crippen molar-refractivity contribution in [3.8, 4) is 0 Å². The molecule has 2 nitrogen and oxygen atoms in total. The highest BCUT2D eigenvalue weighted by molar-refractivity contribution is 5.21. The highest BCUT2D eigenvalue weighted by Gasteiger charge is 2.32. The van der Waals surface area contributed by atoms with Crippen molar-refractivity contribution in [1.29, 1.82) is 0 Å². The maximum Gasteiger partial charge on any atom is 0.0994 e. The van der Waals surface area contributed by atoms with E-state index in [1.807, 2.05) is 37.3 Å². The maximum absolute atomic E-state index is 10.7. The Bertz CT molecular complexity index is 414. The first-order chi connectivity index (χ1) is 9.30. The van der Waals surface area contributed by atoms with E-state index in [0.717, 1.165) is 5.56 Å². The molecule has 2 rings (SSSR count). The van der Waals surface area contributed by atoms with E-state index >= 15 is 0 Å². The average molecular weight is 275 g/mol. The molecule has 1 aliphatic rings. The molecule has 1 atom stereocenters. The average Bonchev–Trinajstić information content (AvgIpc) is 2.39. The third kappa shape index (κ3) is 3.83. The van der Waals surface area contributed by atoms with Gasteiger partial charge in [-0.15, -0.1) is 0 Å². The summed E-state index contributed by atoms with van der Waals surface area (Å²) in [7, 11) is 2.15. The van der Waals surface area contributed by atoms with Gasteiger partial charge in [-0.1, -0.05) is 44.2 Å². The van der Waals surface area contributed by atoms with Crippen LogP contribution in [0.25, 0.3) is 0 Å². The Morgan fingerprint density at radius 1 is 1.20 bits per heavy atom. The van der Waals surface area contributed by atoms with Crippen molar-refractivity contribution in [2.45, 2.75) is 58.1 Å². The predicted molar refractivity (Wildman–Crippen MR) is 84.7 cm³/mol. The molecular formula is C18H29NO. The van der Waals surface area contributed by atoms with Gasteiger partial charge in [-0.05, 0) is 50.6 Å². The minimum atomic E-state index is -0.775. The molecule has 1 aromatic rings. The number of likely N-dealkylation sites (N-methyl/N-ethyl adjacent to an activating group) is 1. The fraction of sp³-hybridized carbons (Fsp3) is 0.667. The van der Waals surface area contributed by atoms with Crippen LogP contribution in [0.4, 0.5) is 0 Å². The summed E-state index contributed by atoms with van der Waals surface area (Å²) in [6, 6.07) is 10.6. The van der Waals surface area contributed by atoms with E-state index in [0.29, 0.717) is 18.0 Å². The molecule has 1 N–H and O–H groups in total. The minimum absolute atomic E-state index is 0.499. The van der Waals surface area contributed by atoms with Gasteiger partial charge in [-0.3, -0.25) is 0 Å². The van der Waals surface area contributed by atoms with Crippen LogP contribution in [0.15, 0.2) is 30.3 Å². The second-order valence-electron chi connectivity index (χ2n) is 7.45. The summed E-state index contributed by atoms with van der Waals surface area (Å²) >= 11 is 0. The van der Waals surface area contributed by atoms with E-state index in [4.69, 9.17) is 0 Å². The Morgan fingerprint density at radius 2 is 1.75 bits per heavy atom. The molecule has 0 aliphatic heterocycles. The third-order valence-corrected chi connectivity index (χ3v) is 4.88. The standard InChI is InChI=1S/C18H29NO/c1-17(2)12-10-16(11-13-17)19(4)14-18(3,20)15-8-6-5-7-9-15/h5-9,16,20H,10-14H2,1-4H3. The van der Waals surface area contributed by atoms with Crippen molar-refractivity contribution in [3.05, 3.63) is 35.9 Å². The van der Waals surface area contributed by atoms with Crippen LogP contribution in [0.5, 0.6) is 0 Å². The van der Waals surface area contributed by atoms with Crippen molar-refractivity contribution >= 4 is 0 Å². The first kappa shape index (κ1) is 15.5. The zero-order chi connectivity index (χ0) is 14.8. The first-order valence-corrected chi connectivity index (χ1v) is 7.78. The third-order valence-electron chi connectivity index (χ3n) is 4.88. The Hall–Kier alpha value is -0.860. The molecule has 0 radical (unpaired) electrons. The second kappa shape index (κ2) is 5.87. The molecule has 1 aliphatic carbocycles. The monoisotopic (exact) mass is 275 g/mol. The van der Waals surface area contributed by atoms with Gasteiger partial charge in [0.15, 0.2) is 0 Å². The predicted octanol–water partition coefficient (Wildman–Crippen LogP) is 3.79. The van der Waals surface area contributed by atoms with Gasteiger partial charge in [0.1, 0.15) is 0 Å². The summed E-state index contributed by atoms with van der Waals surface area (Å²) in [6.45, 7) is 7.35. The molecule has 1 unspecified atom stereocenters. The lowest BCUT2D eigenvalue weighted by molar-refractivity contribution is 0.000675. The number of rotatable bonds is 4. The van der Waals surface area contributed by atoms with Crippen LogP contribution in [0, 0.1) is 5.41 Å². The summed E-state index contributed by atoms with van der Waals surface area (Å²) in [5, 5.41) is 10.7. The molecule has 1 fully saturated rings. The molecule has 0 spiro atoms. The zero-order valence-electron chi connectivity index (χ0n) is 13.4. The molecule has 1 aromatic carbocycles. The molecule has 0 amide bonds. The maximum atomic E-state index is 10.7. The van der Waals surface area contributed by atoms with E-state index in [9.17, 15) is 5.11 Å². The van der Waals surface area contributed by atoms with Gasteiger partial charge >= 0.3 is 0 Å². The Balaban J connectivity index is 1.96. The summed E-state index contributed by atoms with van der Waals surface area (Å²) in [6.07, 6.45) is 5.06. The Labute approximate surface area is 123 Å². The number of hydrogen-bond donors (Lipinski definition) is 1. The van der Waals surface area contributed by atoms with Crippen molar-refractivity contribution in [2.24, 2.45) is 5.41 Å². The van der Waals surface area contributed by atoms with Crippen molar-refractivity contribution in [3.63, 3.8) is 0 Å². The van der Waals surface area contributed by atoms with Crippen molar-refractivity contribution < 1.29 is 5.11 Å². The lowest BCUT2D eigenvalue weighted by Crippen LogP contribution is -2.44. The normalized spacial score (nSPS) is 22.7. The van der Waals surface area contributed by atoms with E-state index in [1.54, 1.807) is 0 Å². The fourth-order valence-electron chi connectivity index (χ4n) is 3.33. The Morgan fingerprint density at radius 3 is 2.30 bits per heavy atom. The fourth-order valence-corrected chi connectivity index (χ4v) is 3.33. The lowest BCUT2D eigenvalue weighted by atomic mass is 9.75. The van der Waals surface area contributed by atoms with Crippen LogP contribution in [0.1, 0.15) is 52.0 Å². The molecule has 0 heterocycles. The van der Waals surface area contributed by atoms with Crippen LogP contribution in [-0.2, 0) is 5.60 Å².